The Morgan fingerprint density at radius 3 is 1.15 bits per heavy atom. The smallest absolute Gasteiger partial charge is 0.377 e. The molecular weight excluding hydrogens is 452 g/mol. The highest BCUT2D eigenvalue weighted by atomic mass is 31.2. The van der Waals surface area contributed by atoms with Crippen molar-refractivity contribution in [2.24, 2.45) is 0 Å². The molecule has 6 heteroatoms. The fraction of sp³-hybridized carbons (Fsp3) is 0.143. The summed E-state index contributed by atoms with van der Waals surface area (Å²) >= 11 is 0. The molecule has 0 saturated carbocycles. The number of hydrogen-bond acceptors (Lipinski definition) is 2. The molecule has 4 aromatic carbocycles. The second kappa shape index (κ2) is 11.0. The van der Waals surface area contributed by atoms with E-state index in [2.05, 4.69) is 24.3 Å². The fourth-order valence-electron chi connectivity index (χ4n) is 4.55. The summed E-state index contributed by atoms with van der Waals surface area (Å²) in [7, 11) is 10.00. The predicted molar refractivity (Wildman–Crippen MR) is 151 cm³/mol. The van der Waals surface area contributed by atoms with Crippen LogP contribution in [0.25, 0.3) is 0 Å². The molecule has 0 aromatic heterocycles. The van der Waals surface area contributed by atoms with Crippen molar-refractivity contribution in [2.75, 3.05) is 12.3 Å². The molecule has 4 aromatic rings. The van der Waals surface area contributed by atoms with Crippen molar-refractivity contribution in [1.82, 2.24) is 0 Å². The van der Waals surface area contributed by atoms with Gasteiger partial charge in [0.25, 0.3) is 0 Å². The first-order valence-electron chi connectivity index (χ1n) is 11.4. The summed E-state index contributed by atoms with van der Waals surface area (Å²) in [6.45, 7) is -0.117. The monoisotopic (exact) mass is 480 g/mol. The van der Waals surface area contributed by atoms with E-state index in [4.69, 9.17) is 15.1 Å². The second-order valence-corrected chi connectivity index (χ2v) is 14.8. The van der Waals surface area contributed by atoms with Gasteiger partial charge in [0.15, 0.2) is 0 Å². The predicted octanol–water partition coefficient (Wildman–Crippen LogP) is 3.48. The third-order valence-corrected chi connectivity index (χ3v) is 13.7. The second-order valence-electron chi connectivity index (χ2n) is 8.43. The van der Waals surface area contributed by atoms with Crippen LogP contribution in [0.1, 0.15) is 11.1 Å². The van der Waals surface area contributed by atoms with E-state index < -0.39 is 14.3 Å². The number of benzene rings is 4. The summed E-state index contributed by atoms with van der Waals surface area (Å²) in [4.78, 5) is 0. The van der Waals surface area contributed by atoms with Crippen LogP contribution in [-0.2, 0) is 13.2 Å². The topological polar surface area (TPSA) is 40.5 Å². The lowest BCUT2D eigenvalue weighted by molar-refractivity contribution is 0.282. The van der Waals surface area contributed by atoms with Gasteiger partial charge in [-0.3, -0.25) is 0 Å². The molecular formula is C28H28B2O2P2+2. The van der Waals surface area contributed by atoms with Gasteiger partial charge in [0.05, 0.1) is 46.8 Å². The molecule has 166 valence electrons. The Morgan fingerprint density at radius 1 is 0.471 bits per heavy atom. The van der Waals surface area contributed by atoms with Crippen LogP contribution < -0.4 is 21.2 Å². The van der Waals surface area contributed by atoms with Crippen molar-refractivity contribution < 1.29 is 10.2 Å². The lowest BCUT2D eigenvalue weighted by Gasteiger charge is -2.30. The Labute approximate surface area is 206 Å². The highest BCUT2D eigenvalue weighted by molar-refractivity contribution is 8.11. The van der Waals surface area contributed by atoms with E-state index in [0.717, 1.165) is 32.3 Å². The normalized spacial score (nSPS) is 14.8. The molecule has 0 heterocycles. The van der Waals surface area contributed by atoms with Gasteiger partial charge >= 0.3 is 15.1 Å². The summed E-state index contributed by atoms with van der Waals surface area (Å²) in [5.74, 6) is 0. The van der Waals surface area contributed by atoms with E-state index in [9.17, 15) is 10.2 Å². The third-order valence-electron chi connectivity index (χ3n) is 6.42. The number of aliphatic hydroxyl groups excluding tert-OH is 2. The molecule has 0 spiro atoms. The summed E-state index contributed by atoms with van der Waals surface area (Å²) in [6, 6.07) is 36.2. The maximum absolute atomic E-state index is 10.1. The quantitative estimate of drug-likeness (QED) is 0.285. The summed E-state index contributed by atoms with van der Waals surface area (Å²) in [5.41, 5.74) is 1.72. The van der Waals surface area contributed by atoms with Crippen LogP contribution in [0.5, 0.6) is 0 Å². The van der Waals surface area contributed by atoms with Crippen molar-refractivity contribution in [3.63, 3.8) is 0 Å². The van der Waals surface area contributed by atoms with Gasteiger partial charge in [-0.15, -0.1) is 0 Å². The van der Waals surface area contributed by atoms with Crippen LogP contribution in [0.2, 0.25) is 0 Å². The van der Waals surface area contributed by atoms with Crippen molar-refractivity contribution in [3.8, 4) is 0 Å². The minimum atomic E-state index is -2.36. The molecule has 0 aliphatic heterocycles. The maximum Gasteiger partial charge on any atom is 0.377 e. The molecule has 2 unspecified atom stereocenters. The van der Waals surface area contributed by atoms with Crippen LogP contribution in [0.4, 0.5) is 0 Å². The highest BCUT2D eigenvalue weighted by Gasteiger charge is 2.46. The maximum atomic E-state index is 10.1. The van der Waals surface area contributed by atoms with Crippen LogP contribution in [0.15, 0.2) is 109 Å². The lowest BCUT2D eigenvalue weighted by Crippen LogP contribution is -2.33. The fourth-order valence-corrected chi connectivity index (χ4v) is 12.1. The van der Waals surface area contributed by atoms with Crippen molar-refractivity contribution in [3.05, 3.63) is 120 Å². The van der Waals surface area contributed by atoms with Gasteiger partial charge in [0.1, 0.15) is 0 Å². The van der Waals surface area contributed by atoms with Crippen LogP contribution in [0, 0.1) is 0 Å². The van der Waals surface area contributed by atoms with E-state index in [0.29, 0.717) is 12.3 Å². The molecule has 0 aliphatic rings. The third kappa shape index (κ3) is 4.93. The molecule has 2 N–H and O–H groups in total. The first-order chi connectivity index (χ1) is 16.5. The highest BCUT2D eigenvalue weighted by Crippen LogP contribution is 2.59. The zero-order valence-corrected chi connectivity index (χ0v) is 21.0. The molecule has 34 heavy (non-hydrogen) atoms. The molecule has 0 amide bonds. The molecule has 0 saturated heterocycles. The van der Waals surface area contributed by atoms with Crippen molar-refractivity contribution in [1.29, 1.82) is 0 Å². The largest absolute Gasteiger partial charge is 0.392 e. The van der Waals surface area contributed by atoms with Gasteiger partial charge in [-0.25, -0.2) is 0 Å². The molecule has 0 aliphatic carbocycles. The average Bonchev–Trinajstić information content (AvgIpc) is 2.92. The molecule has 4 radical (unpaired) electrons. The number of hydrogen-bond donors (Lipinski definition) is 2. The van der Waals surface area contributed by atoms with Crippen molar-refractivity contribution >= 4 is 50.6 Å². The van der Waals surface area contributed by atoms with Crippen LogP contribution >= 0.6 is 14.3 Å². The number of aliphatic hydroxyl groups is 2. The summed E-state index contributed by atoms with van der Waals surface area (Å²) in [6.07, 6.45) is 1.37. The minimum absolute atomic E-state index is 0.0586. The van der Waals surface area contributed by atoms with Crippen molar-refractivity contribution in [2.45, 2.75) is 13.2 Å². The van der Waals surface area contributed by atoms with E-state index in [1.165, 1.54) is 0 Å². The van der Waals surface area contributed by atoms with E-state index >= 15 is 0 Å². The first kappa shape index (κ1) is 24.9. The zero-order chi connectivity index (χ0) is 24.0. The van der Waals surface area contributed by atoms with Gasteiger partial charge in [-0.1, -0.05) is 72.8 Å². The van der Waals surface area contributed by atoms with Crippen LogP contribution in [0.3, 0.4) is 0 Å². The van der Waals surface area contributed by atoms with Gasteiger partial charge in [-0.2, -0.15) is 0 Å². The SMILES string of the molecule is [B][P+](CC[P+]([B])(c1ccccc1)c1ccccc1CO)(c1ccccc1)c1ccccc1CO. The standard InChI is InChI=1S/C28H28B2O2P2/c29-33(25-13-3-1-4-14-25,27-17-9-7-11-23(27)21-31)19-20-34(30,26-15-5-2-6-16-26)28-18-10-8-12-24(28)22-32/h1-18,31-32H,19-22H2/q+2. The Morgan fingerprint density at radius 2 is 0.794 bits per heavy atom. The Hall–Kier alpha value is -2.21. The van der Waals surface area contributed by atoms with E-state index in [1.54, 1.807) is 0 Å². The lowest BCUT2D eigenvalue weighted by atomic mass is 10.2. The van der Waals surface area contributed by atoms with E-state index in [1.807, 2.05) is 84.9 Å². The first-order valence-corrected chi connectivity index (χ1v) is 15.4. The summed E-state index contributed by atoms with van der Waals surface area (Å²) < 4.78 is 0. The average molecular weight is 480 g/mol. The molecule has 2 atom stereocenters. The summed E-state index contributed by atoms with van der Waals surface area (Å²) in [5, 5.41) is 24.4. The van der Waals surface area contributed by atoms with Gasteiger partial charge < -0.3 is 10.2 Å². The molecule has 0 fully saturated rings. The Bertz CT molecular complexity index is 1130. The molecule has 2 nitrogen and oxygen atoms in total. The van der Waals surface area contributed by atoms with Crippen LogP contribution in [-0.4, -0.2) is 37.7 Å². The molecule has 4 rings (SSSR count). The Kier molecular flexibility index (Phi) is 8.07. The van der Waals surface area contributed by atoms with Gasteiger partial charge in [-0.05, 0) is 36.4 Å². The van der Waals surface area contributed by atoms with Gasteiger partial charge in [0, 0.05) is 25.4 Å². The number of rotatable bonds is 9. The Balaban J connectivity index is 1.84. The minimum Gasteiger partial charge on any atom is -0.392 e. The van der Waals surface area contributed by atoms with E-state index in [-0.39, 0.29) is 13.2 Å². The zero-order valence-electron chi connectivity index (χ0n) is 19.2. The molecule has 0 bridgehead atoms. The van der Waals surface area contributed by atoms with Gasteiger partial charge in [0.2, 0.25) is 0 Å².